The molecule has 1 N–H and O–H groups in total. The van der Waals surface area contributed by atoms with Gasteiger partial charge in [-0.1, -0.05) is 23.9 Å². The Labute approximate surface area is 169 Å². The second-order valence-electron chi connectivity index (χ2n) is 7.43. The van der Waals surface area contributed by atoms with Crippen LogP contribution in [0.25, 0.3) is 11.0 Å². The van der Waals surface area contributed by atoms with Crippen molar-refractivity contribution in [3.8, 4) is 5.75 Å². The van der Waals surface area contributed by atoms with Gasteiger partial charge >= 0.3 is 0 Å². The topological polar surface area (TPSA) is 69.3 Å². The number of pyridine rings is 1. The number of ether oxygens (including phenoxy) is 3. The summed E-state index contributed by atoms with van der Waals surface area (Å²) in [5.41, 5.74) is 4.09. The smallest absolute Gasteiger partial charge is 0.166 e. The Morgan fingerprint density at radius 3 is 2.79 bits per heavy atom. The molecule has 0 spiro atoms. The molecule has 0 amide bonds. The summed E-state index contributed by atoms with van der Waals surface area (Å²) in [4.78, 5) is 12.5. The van der Waals surface area contributed by atoms with Gasteiger partial charge in [0.05, 0.1) is 36.5 Å². The number of nitrogens with zero attached hydrogens (tertiary/aromatic N) is 2. The SMILES string of the molecule is Cc1c(OCC2COC(C)(C)OC2)ccnc1CSc1nc2ccccc2[nH]1. The molecule has 0 atom stereocenters. The highest BCUT2D eigenvalue weighted by Gasteiger charge is 2.28. The highest BCUT2D eigenvalue weighted by Crippen LogP contribution is 2.28. The quantitative estimate of drug-likeness (QED) is 0.622. The fraction of sp³-hybridized carbons (Fsp3) is 0.429. The summed E-state index contributed by atoms with van der Waals surface area (Å²) in [7, 11) is 0. The van der Waals surface area contributed by atoms with Gasteiger partial charge in [0.1, 0.15) is 5.75 Å². The van der Waals surface area contributed by atoms with Crippen LogP contribution in [0.15, 0.2) is 41.7 Å². The van der Waals surface area contributed by atoms with Crippen LogP contribution in [0.4, 0.5) is 0 Å². The van der Waals surface area contributed by atoms with Crippen LogP contribution < -0.4 is 4.74 Å². The maximum absolute atomic E-state index is 6.05. The van der Waals surface area contributed by atoms with E-state index in [9.17, 15) is 0 Å². The van der Waals surface area contributed by atoms with Crippen molar-refractivity contribution in [2.75, 3.05) is 19.8 Å². The van der Waals surface area contributed by atoms with Gasteiger partial charge < -0.3 is 19.2 Å². The number of para-hydroxylation sites is 2. The molecule has 148 valence electrons. The summed E-state index contributed by atoms with van der Waals surface area (Å²) >= 11 is 1.64. The molecule has 0 radical (unpaired) electrons. The molecule has 0 saturated carbocycles. The summed E-state index contributed by atoms with van der Waals surface area (Å²) in [5, 5.41) is 0.896. The lowest BCUT2D eigenvalue weighted by molar-refractivity contribution is -0.264. The summed E-state index contributed by atoms with van der Waals surface area (Å²) in [6.07, 6.45) is 1.80. The maximum Gasteiger partial charge on any atom is 0.166 e. The Kier molecular flexibility index (Phi) is 5.57. The molecular weight excluding hydrogens is 374 g/mol. The van der Waals surface area contributed by atoms with E-state index < -0.39 is 5.79 Å². The number of benzene rings is 1. The Balaban J connectivity index is 1.36. The predicted molar refractivity (Wildman–Crippen MR) is 110 cm³/mol. The second kappa shape index (κ2) is 8.11. The number of fused-ring (bicyclic) bond motifs is 1. The number of H-pyrrole nitrogens is 1. The van der Waals surface area contributed by atoms with E-state index in [2.05, 4.69) is 15.0 Å². The fourth-order valence-corrected chi connectivity index (χ4v) is 3.94. The van der Waals surface area contributed by atoms with Gasteiger partial charge in [0.2, 0.25) is 0 Å². The number of nitrogens with one attached hydrogen (secondary N) is 1. The molecule has 0 unspecified atom stereocenters. The first-order valence-electron chi connectivity index (χ1n) is 9.43. The standard InChI is InChI=1S/C21H25N3O3S/c1-14-18(13-28-20-23-16-6-4-5-7-17(16)24-20)22-9-8-19(14)25-10-15-11-26-21(2,3)27-12-15/h4-9,15H,10-13H2,1-3H3,(H,23,24). The van der Waals surface area contributed by atoms with E-state index in [0.29, 0.717) is 19.8 Å². The Morgan fingerprint density at radius 1 is 1.21 bits per heavy atom. The zero-order valence-corrected chi connectivity index (χ0v) is 17.2. The van der Waals surface area contributed by atoms with Crippen LogP contribution in [-0.2, 0) is 15.2 Å². The molecule has 0 aliphatic carbocycles. The number of hydrogen-bond acceptors (Lipinski definition) is 6. The van der Waals surface area contributed by atoms with Crippen molar-refractivity contribution < 1.29 is 14.2 Å². The van der Waals surface area contributed by atoms with Crippen LogP contribution >= 0.6 is 11.8 Å². The monoisotopic (exact) mass is 399 g/mol. The Hall–Kier alpha value is -2.09. The van der Waals surface area contributed by atoms with Gasteiger partial charge in [-0.05, 0) is 39.0 Å². The van der Waals surface area contributed by atoms with Crippen LogP contribution in [-0.4, -0.2) is 40.6 Å². The normalized spacial score (nSPS) is 17.1. The minimum absolute atomic E-state index is 0.231. The van der Waals surface area contributed by atoms with Crippen LogP contribution in [0.2, 0.25) is 0 Å². The molecule has 3 aromatic rings. The van der Waals surface area contributed by atoms with E-state index in [4.69, 9.17) is 14.2 Å². The minimum Gasteiger partial charge on any atom is -0.493 e. The molecule has 3 heterocycles. The van der Waals surface area contributed by atoms with E-state index in [0.717, 1.165) is 38.9 Å². The maximum atomic E-state index is 6.05. The van der Waals surface area contributed by atoms with E-state index in [1.807, 2.05) is 51.1 Å². The molecule has 2 aromatic heterocycles. The molecule has 0 bridgehead atoms. The molecule has 1 aromatic carbocycles. The number of rotatable bonds is 6. The van der Waals surface area contributed by atoms with Crippen LogP contribution in [0.3, 0.4) is 0 Å². The minimum atomic E-state index is -0.496. The van der Waals surface area contributed by atoms with Crippen molar-refractivity contribution in [3.05, 3.63) is 47.8 Å². The number of aromatic nitrogens is 3. The third-order valence-electron chi connectivity index (χ3n) is 4.78. The largest absolute Gasteiger partial charge is 0.493 e. The third-order valence-corrected chi connectivity index (χ3v) is 5.66. The first kappa shape index (κ1) is 19.2. The average Bonchev–Trinajstić information content (AvgIpc) is 3.10. The number of aromatic amines is 1. The van der Waals surface area contributed by atoms with Crippen molar-refractivity contribution >= 4 is 22.8 Å². The highest BCUT2D eigenvalue weighted by atomic mass is 32.2. The van der Waals surface area contributed by atoms with E-state index in [-0.39, 0.29) is 5.92 Å². The van der Waals surface area contributed by atoms with Gasteiger partial charge in [0, 0.05) is 23.4 Å². The van der Waals surface area contributed by atoms with E-state index >= 15 is 0 Å². The van der Waals surface area contributed by atoms with Gasteiger partial charge in [-0.3, -0.25) is 4.98 Å². The van der Waals surface area contributed by atoms with E-state index in [1.165, 1.54) is 0 Å². The van der Waals surface area contributed by atoms with Crippen LogP contribution in [0.1, 0.15) is 25.1 Å². The third kappa shape index (κ3) is 4.48. The molecule has 7 heteroatoms. The molecular formula is C21H25N3O3S. The zero-order valence-electron chi connectivity index (χ0n) is 16.4. The van der Waals surface area contributed by atoms with Gasteiger partial charge in [0.25, 0.3) is 0 Å². The lowest BCUT2D eigenvalue weighted by atomic mass is 10.1. The van der Waals surface area contributed by atoms with Gasteiger partial charge in [0.15, 0.2) is 10.9 Å². The lowest BCUT2D eigenvalue weighted by Crippen LogP contribution is -2.41. The van der Waals surface area contributed by atoms with Gasteiger partial charge in [-0.25, -0.2) is 4.98 Å². The average molecular weight is 400 g/mol. The van der Waals surface area contributed by atoms with Crippen LogP contribution in [0, 0.1) is 12.8 Å². The van der Waals surface area contributed by atoms with Crippen molar-refractivity contribution in [1.82, 2.24) is 15.0 Å². The molecule has 1 aliphatic rings. The highest BCUT2D eigenvalue weighted by molar-refractivity contribution is 7.98. The summed E-state index contributed by atoms with van der Waals surface area (Å²) < 4.78 is 17.5. The molecule has 6 nitrogen and oxygen atoms in total. The van der Waals surface area contributed by atoms with Crippen LogP contribution in [0.5, 0.6) is 5.75 Å². The summed E-state index contributed by atoms with van der Waals surface area (Å²) in [6, 6.07) is 9.95. The van der Waals surface area contributed by atoms with Crippen molar-refractivity contribution in [3.63, 3.8) is 0 Å². The molecule has 1 saturated heterocycles. The summed E-state index contributed by atoms with van der Waals surface area (Å²) in [5.74, 6) is 1.32. The predicted octanol–water partition coefficient (Wildman–Crippen LogP) is 4.34. The number of hydrogen-bond donors (Lipinski definition) is 1. The second-order valence-corrected chi connectivity index (χ2v) is 8.39. The van der Waals surface area contributed by atoms with Crippen molar-refractivity contribution in [2.45, 2.75) is 37.5 Å². The Bertz CT molecular complexity index is 914. The van der Waals surface area contributed by atoms with Gasteiger partial charge in [-0.15, -0.1) is 0 Å². The number of imidazole rings is 1. The molecule has 1 aliphatic heterocycles. The lowest BCUT2D eigenvalue weighted by Gasteiger charge is -2.34. The fourth-order valence-electron chi connectivity index (χ4n) is 3.03. The number of thioether (sulfide) groups is 1. The van der Waals surface area contributed by atoms with E-state index in [1.54, 1.807) is 18.0 Å². The molecule has 4 rings (SSSR count). The zero-order chi connectivity index (χ0) is 19.6. The van der Waals surface area contributed by atoms with Gasteiger partial charge in [-0.2, -0.15) is 0 Å². The first-order valence-corrected chi connectivity index (χ1v) is 10.4. The van der Waals surface area contributed by atoms with Crippen molar-refractivity contribution in [2.24, 2.45) is 5.92 Å². The molecule has 1 fully saturated rings. The Morgan fingerprint density at radius 2 is 2.00 bits per heavy atom. The molecule has 28 heavy (non-hydrogen) atoms. The first-order chi connectivity index (χ1) is 13.5. The summed E-state index contributed by atoms with van der Waals surface area (Å²) in [6.45, 7) is 7.77. The van der Waals surface area contributed by atoms with Crippen molar-refractivity contribution in [1.29, 1.82) is 0 Å².